The van der Waals surface area contributed by atoms with Gasteiger partial charge in [0.1, 0.15) is 0 Å². The maximum atomic E-state index is 13.7. The number of nitrogens with one attached hydrogen (secondary N) is 1. The molecule has 2 aromatic rings. The molecular formula is C24H32N2O3S2. The van der Waals surface area contributed by atoms with Gasteiger partial charge in [-0.2, -0.15) is 0 Å². The number of amides is 2. The van der Waals surface area contributed by atoms with E-state index in [9.17, 15) is 14.8 Å². The normalized spacial score (nSPS) is 19.7. The Bertz CT molecular complexity index is 842. The Balaban J connectivity index is 1.75. The molecule has 2 heterocycles. The molecule has 1 aliphatic heterocycles. The lowest BCUT2D eigenvalue weighted by molar-refractivity contribution is -0.149. The third-order valence-electron chi connectivity index (χ3n) is 6.07. The van der Waals surface area contributed by atoms with E-state index in [1.54, 1.807) is 23.1 Å². The van der Waals surface area contributed by atoms with Crippen LogP contribution in [0.15, 0.2) is 52.1 Å². The number of rotatable bonds is 11. The predicted molar refractivity (Wildman–Crippen MR) is 126 cm³/mol. The van der Waals surface area contributed by atoms with Gasteiger partial charge in [0, 0.05) is 13.1 Å². The van der Waals surface area contributed by atoms with Gasteiger partial charge in [0.05, 0.1) is 15.5 Å². The van der Waals surface area contributed by atoms with Gasteiger partial charge in [-0.3, -0.25) is 14.8 Å². The third kappa shape index (κ3) is 5.90. The van der Waals surface area contributed by atoms with Gasteiger partial charge >= 0.3 is 0 Å². The molecule has 0 saturated carbocycles. The fourth-order valence-corrected chi connectivity index (χ4v) is 6.59. The van der Waals surface area contributed by atoms with Crippen molar-refractivity contribution in [3.05, 3.63) is 53.4 Å². The Hall–Kier alpha value is -1.83. The summed E-state index contributed by atoms with van der Waals surface area (Å²) in [5.74, 6) is 0.0894. The molecule has 1 unspecified atom stereocenters. The molecule has 31 heavy (non-hydrogen) atoms. The molecule has 0 bridgehead atoms. The van der Waals surface area contributed by atoms with E-state index in [0.29, 0.717) is 32.4 Å². The van der Waals surface area contributed by atoms with Crippen LogP contribution in [0.1, 0.15) is 38.7 Å². The topological polar surface area (TPSA) is 69.6 Å². The van der Waals surface area contributed by atoms with E-state index in [2.05, 4.69) is 32.0 Å². The standard InChI is InChI=1S/C24H32N2O3S2/c1-18(2)17-24(20(22(27)25-29)11-16-31-21-9-6-15-30-21)12-14-26(23(24)28)13-10-19-7-4-3-5-8-19/h3-9,15,18,20,29H,10-14,16-17H2,1-2H3,(H,25,27)/t20?,24-/m1/s1. The number of carbonyl (C=O) groups is 2. The molecule has 0 aliphatic carbocycles. The Morgan fingerprint density at radius 1 is 1.26 bits per heavy atom. The van der Waals surface area contributed by atoms with Gasteiger partial charge in [-0.15, -0.1) is 23.1 Å². The summed E-state index contributed by atoms with van der Waals surface area (Å²) in [6.07, 6.45) is 2.66. The van der Waals surface area contributed by atoms with Gasteiger partial charge in [-0.25, -0.2) is 5.48 Å². The smallest absolute Gasteiger partial charge is 0.247 e. The lowest BCUT2D eigenvalue weighted by Gasteiger charge is -2.36. The van der Waals surface area contributed by atoms with Gasteiger partial charge in [0.2, 0.25) is 11.8 Å². The minimum Gasteiger partial charge on any atom is -0.342 e. The Morgan fingerprint density at radius 3 is 2.68 bits per heavy atom. The predicted octanol–water partition coefficient (Wildman–Crippen LogP) is 4.86. The largest absolute Gasteiger partial charge is 0.342 e. The molecule has 1 aromatic carbocycles. The summed E-state index contributed by atoms with van der Waals surface area (Å²) in [4.78, 5) is 28.4. The molecule has 7 heteroatoms. The second kappa shape index (κ2) is 11.2. The second-order valence-corrected chi connectivity index (χ2v) is 11.0. The first-order chi connectivity index (χ1) is 15.0. The van der Waals surface area contributed by atoms with Gasteiger partial charge in [-0.05, 0) is 54.4 Å². The number of carbonyl (C=O) groups excluding carboxylic acids is 2. The number of nitrogens with zero attached hydrogens (tertiary/aromatic N) is 1. The highest BCUT2D eigenvalue weighted by molar-refractivity contribution is 8.01. The van der Waals surface area contributed by atoms with E-state index in [1.165, 1.54) is 9.77 Å². The summed E-state index contributed by atoms with van der Waals surface area (Å²) in [6, 6.07) is 14.2. The zero-order chi connectivity index (χ0) is 22.3. The van der Waals surface area contributed by atoms with E-state index in [4.69, 9.17) is 0 Å². The Morgan fingerprint density at radius 2 is 2.03 bits per heavy atom. The van der Waals surface area contributed by atoms with Crippen molar-refractivity contribution in [2.45, 2.75) is 43.7 Å². The molecule has 2 amide bonds. The van der Waals surface area contributed by atoms with Crippen molar-refractivity contribution < 1.29 is 14.8 Å². The maximum Gasteiger partial charge on any atom is 0.247 e. The molecule has 1 aliphatic rings. The van der Waals surface area contributed by atoms with Crippen LogP contribution in [0.5, 0.6) is 0 Å². The molecule has 0 spiro atoms. The van der Waals surface area contributed by atoms with Crippen molar-refractivity contribution in [3.63, 3.8) is 0 Å². The van der Waals surface area contributed by atoms with Crippen LogP contribution in [0.3, 0.4) is 0 Å². The number of hydroxylamine groups is 1. The average molecular weight is 461 g/mol. The maximum absolute atomic E-state index is 13.7. The van der Waals surface area contributed by atoms with E-state index in [-0.39, 0.29) is 11.8 Å². The van der Waals surface area contributed by atoms with E-state index in [1.807, 2.05) is 40.0 Å². The number of benzene rings is 1. The van der Waals surface area contributed by atoms with Crippen molar-refractivity contribution in [2.75, 3.05) is 18.8 Å². The molecule has 168 valence electrons. The molecule has 2 N–H and O–H groups in total. The van der Waals surface area contributed by atoms with Gasteiger partial charge in [0.15, 0.2) is 0 Å². The summed E-state index contributed by atoms with van der Waals surface area (Å²) in [7, 11) is 0. The fraction of sp³-hybridized carbons (Fsp3) is 0.500. The van der Waals surface area contributed by atoms with Crippen molar-refractivity contribution in [3.8, 4) is 0 Å². The van der Waals surface area contributed by atoms with Crippen molar-refractivity contribution in [1.29, 1.82) is 0 Å². The molecule has 1 fully saturated rings. The molecule has 1 aromatic heterocycles. The van der Waals surface area contributed by atoms with Gasteiger partial charge in [-0.1, -0.05) is 50.2 Å². The van der Waals surface area contributed by atoms with Gasteiger partial charge in [0.25, 0.3) is 0 Å². The summed E-state index contributed by atoms with van der Waals surface area (Å²) >= 11 is 3.38. The Labute approximate surface area is 193 Å². The minimum absolute atomic E-state index is 0.0619. The summed E-state index contributed by atoms with van der Waals surface area (Å²) in [6.45, 7) is 5.50. The van der Waals surface area contributed by atoms with Crippen LogP contribution in [0.4, 0.5) is 0 Å². The molecule has 1 saturated heterocycles. The van der Waals surface area contributed by atoms with Crippen LogP contribution in [0.25, 0.3) is 0 Å². The lowest BCUT2D eigenvalue weighted by Crippen LogP contribution is -2.47. The average Bonchev–Trinajstić information content (AvgIpc) is 3.39. The number of likely N-dealkylation sites (tertiary alicyclic amines) is 1. The minimum atomic E-state index is -0.756. The van der Waals surface area contributed by atoms with E-state index >= 15 is 0 Å². The first-order valence-electron chi connectivity index (χ1n) is 10.9. The fourth-order valence-electron chi connectivity index (χ4n) is 4.72. The summed E-state index contributed by atoms with van der Waals surface area (Å²) < 4.78 is 1.20. The van der Waals surface area contributed by atoms with Crippen molar-refractivity contribution in [1.82, 2.24) is 10.4 Å². The van der Waals surface area contributed by atoms with Crippen molar-refractivity contribution in [2.24, 2.45) is 17.3 Å². The summed E-state index contributed by atoms with van der Waals surface area (Å²) in [5, 5.41) is 11.5. The highest BCUT2D eigenvalue weighted by atomic mass is 32.2. The van der Waals surface area contributed by atoms with E-state index < -0.39 is 17.2 Å². The first-order valence-corrected chi connectivity index (χ1v) is 12.8. The Kier molecular flexibility index (Phi) is 8.58. The van der Waals surface area contributed by atoms with Crippen LogP contribution in [0, 0.1) is 17.3 Å². The number of thiophene rings is 1. The lowest BCUT2D eigenvalue weighted by atomic mass is 9.67. The molecule has 2 atom stereocenters. The van der Waals surface area contributed by atoms with Crippen LogP contribution in [-0.2, 0) is 16.0 Å². The second-order valence-electron chi connectivity index (χ2n) is 8.63. The third-order valence-corrected chi connectivity index (χ3v) is 8.23. The van der Waals surface area contributed by atoms with Crippen LogP contribution < -0.4 is 5.48 Å². The highest BCUT2D eigenvalue weighted by Gasteiger charge is 2.53. The molecular weight excluding hydrogens is 428 g/mol. The zero-order valence-electron chi connectivity index (χ0n) is 18.3. The zero-order valence-corrected chi connectivity index (χ0v) is 19.9. The van der Waals surface area contributed by atoms with Crippen LogP contribution in [-0.4, -0.2) is 40.8 Å². The monoisotopic (exact) mass is 460 g/mol. The number of hydrogen-bond acceptors (Lipinski definition) is 5. The van der Waals surface area contributed by atoms with Gasteiger partial charge < -0.3 is 4.90 Å². The molecule has 3 rings (SSSR count). The quantitative estimate of drug-likeness (QED) is 0.285. The van der Waals surface area contributed by atoms with Crippen molar-refractivity contribution >= 4 is 34.9 Å². The number of thioether (sulfide) groups is 1. The molecule has 0 radical (unpaired) electrons. The summed E-state index contributed by atoms with van der Waals surface area (Å²) in [5.41, 5.74) is 2.31. The van der Waals surface area contributed by atoms with Crippen LogP contribution in [0.2, 0.25) is 0 Å². The SMILES string of the molecule is CC(C)C[C@@]1(C(CCSc2cccs2)C(=O)NO)CCN(CCc2ccccc2)C1=O. The van der Waals surface area contributed by atoms with E-state index in [0.717, 1.165) is 12.2 Å². The molecule has 5 nitrogen and oxygen atoms in total. The number of hydrogen-bond donors (Lipinski definition) is 2. The highest BCUT2D eigenvalue weighted by Crippen LogP contribution is 2.46. The first kappa shape index (κ1) is 23.8. The van der Waals surface area contributed by atoms with Crippen LogP contribution >= 0.6 is 23.1 Å².